The summed E-state index contributed by atoms with van der Waals surface area (Å²) in [5, 5.41) is 19.2. The number of hydrogen-bond acceptors (Lipinski definition) is 5. The van der Waals surface area contributed by atoms with E-state index < -0.39 is 5.97 Å². The molecule has 2 rings (SSSR count). The Labute approximate surface area is 94.8 Å². The van der Waals surface area contributed by atoms with Crippen molar-refractivity contribution in [3.8, 4) is 17.2 Å². The first-order valence-corrected chi connectivity index (χ1v) is 5.09. The van der Waals surface area contributed by atoms with Crippen molar-refractivity contribution < 1.29 is 9.90 Å². The monoisotopic (exact) mass is 231 g/mol. The number of nitriles is 1. The van der Waals surface area contributed by atoms with Gasteiger partial charge in [0, 0.05) is 28.9 Å². The molecule has 0 fully saturated rings. The standard InChI is InChI=1S/C10H5N3O2S/c11-2-6-1-7(4-12-3-6)8-5-16-13-9(8)10(14)15/h1,3-5H,(H,14,15). The summed E-state index contributed by atoms with van der Waals surface area (Å²) in [5.74, 6) is -1.08. The maximum atomic E-state index is 10.9. The number of nitrogens with zero attached hydrogens (tertiary/aromatic N) is 3. The molecule has 0 aromatic carbocycles. The molecule has 6 heteroatoms. The van der Waals surface area contributed by atoms with Gasteiger partial charge < -0.3 is 5.11 Å². The molecule has 0 aliphatic heterocycles. The molecule has 0 aliphatic carbocycles. The summed E-state index contributed by atoms with van der Waals surface area (Å²) in [5.41, 5.74) is 1.45. The van der Waals surface area contributed by atoms with Crippen LogP contribution in [0, 0.1) is 11.3 Å². The van der Waals surface area contributed by atoms with Gasteiger partial charge in [-0.15, -0.1) is 0 Å². The van der Waals surface area contributed by atoms with Crippen molar-refractivity contribution >= 4 is 17.5 Å². The van der Waals surface area contributed by atoms with Gasteiger partial charge in [0.15, 0.2) is 5.69 Å². The second-order valence-electron chi connectivity index (χ2n) is 2.96. The first-order chi connectivity index (χ1) is 7.72. The highest BCUT2D eigenvalue weighted by Gasteiger charge is 2.15. The Morgan fingerprint density at radius 3 is 3.00 bits per heavy atom. The molecule has 0 spiro atoms. The van der Waals surface area contributed by atoms with Gasteiger partial charge in [-0.05, 0) is 17.6 Å². The van der Waals surface area contributed by atoms with Gasteiger partial charge in [-0.25, -0.2) is 4.79 Å². The average molecular weight is 231 g/mol. The highest BCUT2D eigenvalue weighted by Crippen LogP contribution is 2.24. The van der Waals surface area contributed by atoms with Crippen LogP contribution in [0.1, 0.15) is 16.1 Å². The fraction of sp³-hybridized carbons (Fsp3) is 0. The van der Waals surface area contributed by atoms with Crippen molar-refractivity contribution in [3.05, 3.63) is 35.1 Å². The fourth-order valence-corrected chi connectivity index (χ4v) is 1.93. The molecule has 0 unspecified atom stereocenters. The SMILES string of the molecule is N#Cc1cncc(-c2csnc2C(=O)O)c1. The Balaban J connectivity index is 2.55. The van der Waals surface area contributed by atoms with Crippen LogP contribution in [-0.2, 0) is 0 Å². The maximum absolute atomic E-state index is 10.9. The molecule has 0 bridgehead atoms. The molecular weight excluding hydrogens is 226 g/mol. The van der Waals surface area contributed by atoms with Crippen LogP contribution < -0.4 is 0 Å². The van der Waals surface area contributed by atoms with Crippen molar-refractivity contribution in [1.29, 1.82) is 5.26 Å². The van der Waals surface area contributed by atoms with Gasteiger partial charge in [0.1, 0.15) is 6.07 Å². The number of aromatic nitrogens is 2. The van der Waals surface area contributed by atoms with Crippen LogP contribution in [0.5, 0.6) is 0 Å². The number of rotatable bonds is 2. The summed E-state index contributed by atoms with van der Waals surface area (Å²) in [6, 6.07) is 3.54. The summed E-state index contributed by atoms with van der Waals surface area (Å²) in [4.78, 5) is 14.7. The molecule has 2 heterocycles. The molecule has 0 saturated heterocycles. The van der Waals surface area contributed by atoms with Gasteiger partial charge in [-0.1, -0.05) is 0 Å². The van der Waals surface area contributed by atoms with Crippen LogP contribution in [0.25, 0.3) is 11.1 Å². The number of aromatic carboxylic acids is 1. The Bertz CT molecular complexity index is 586. The predicted molar refractivity (Wildman–Crippen MR) is 57.0 cm³/mol. The van der Waals surface area contributed by atoms with Crippen molar-refractivity contribution in [3.63, 3.8) is 0 Å². The van der Waals surface area contributed by atoms with E-state index in [1.165, 1.54) is 12.4 Å². The molecule has 2 aromatic heterocycles. The molecule has 0 atom stereocenters. The lowest BCUT2D eigenvalue weighted by molar-refractivity contribution is 0.0693. The minimum atomic E-state index is -1.08. The molecule has 1 N–H and O–H groups in total. The van der Waals surface area contributed by atoms with Crippen molar-refractivity contribution in [2.24, 2.45) is 0 Å². The van der Waals surface area contributed by atoms with E-state index in [0.717, 1.165) is 11.5 Å². The van der Waals surface area contributed by atoms with Gasteiger partial charge in [0.05, 0.1) is 5.56 Å². The molecule has 2 aromatic rings. The minimum Gasteiger partial charge on any atom is -0.476 e. The van der Waals surface area contributed by atoms with E-state index in [1.807, 2.05) is 6.07 Å². The number of hydrogen-bond donors (Lipinski definition) is 1. The zero-order valence-electron chi connectivity index (χ0n) is 7.91. The van der Waals surface area contributed by atoms with Crippen LogP contribution in [0.2, 0.25) is 0 Å². The quantitative estimate of drug-likeness (QED) is 0.851. The first kappa shape index (κ1) is 10.3. The van der Waals surface area contributed by atoms with Gasteiger partial charge >= 0.3 is 5.97 Å². The topological polar surface area (TPSA) is 86.9 Å². The lowest BCUT2D eigenvalue weighted by atomic mass is 10.1. The van der Waals surface area contributed by atoms with Gasteiger partial charge in [0.25, 0.3) is 0 Å². The first-order valence-electron chi connectivity index (χ1n) is 4.25. The Kier molecular flexibility index (Phi) is 2.62. The van der Waals surface area contributed by atoms with E-state index in [4.69, 9.17) is 10.4 Å². The van der Waals surface area contributed by atoms with Crippen LogP contribution in [0.15, 0.2) is 23.8 Å². The van der Waals surface area contributed by atoms with Gasteiger partial charge in [-0.3, -0.25) is 4.98 Å². The highest BCUT2D eigenvalue weighted by atomic mass is 32.1. The number of pyridine rings is 1. The van der Waals surface area contributed by atoms with Gasteiger partial charge in [-0.2, -0.15) is 9.64 Å². The highest BCUT2D eigenvalue weighted by molar-refractivity contribution is 7.04. The minimum absolute atomic E-state index is 0.0121. The normalized spacial score (nSPS) is 9.69. The predicted octanol–water partition coefficient (Wildman–Crippen LogP) is 1.77. The Morgan fingerprint density at radius 2 is 2.31 bits per heavy atom. The summed E-state index contributed by atoms with van der Waals surface area (Å²) >= 11 is 1.06. The van der Waals surface area contributed by atoms with E-state index >= 15 is 0 Å². The van der Waals surface area contributed by atoms with Crippen LogP contribution in [0.3, 0.4) is 0 Å². The molecule has 0 saturated carbocycles. The number of carbonyl (C=O) groups is 1. The molecule has 5 nitrogen and oxygen atoms in total. The van der Waals surface area contributed by atoms with Gasteiger partial charge in [0.2, 0.25) is 0 Å². The molecule has 0 aliphatic rings. The maximum Gasteiger partial charge on any atom is 0.356 e. The molecule has 0 amide bonds. The number of carboxylic acids is 1. The lowest BCUT2D eigenvalue weighted by Gasteiger charge is -1.98. The second-order valence-corrected chi connectivity index (χ2v) is 3.59. The summed E-state index contributed by atoms with van der Waals surface area (Å²) < 4.78 is 3.78. The van der Waals surface area contributed by atoms with Crippen LogP contribution in [0.4, 0.5) is 0 Å². The molecule has 78 valence electrons. The second kappa shape index (κ2) is 4.08. The van der Waals surface area contributed by atoms with Crippen LogP contribution >= 0.6 is 11.5 Å². The summed E-state index contributed by atoms with van der Waals surface area (Å²) in [7, 11) is 0. The third-order valence-corrected chi connectivity index (χ3v) is 2.58. The molecule has 16 heavy (non-hydrogen) atoms. The van der Waals surface area contributed by atoms with E-state index in [9.17, 15) is 4.79 Å². The average Bonchev–Trinajstić information content (AvgIpc) is 2.78. The molecule has 0 radical (unpaired) electrons. The smallest absolute Gasteiger partial charge is 0.356 e. The Morgan fingerprint density at radius 1 is 1.50 bits per heavy atom. The van der Waals surface area contributed by atoms with Crippen molar-refractivity contribution in [1.82, 2.24) is 9.36 Å². The zero-order chi connectivity index (χ0) is 11.5. The molecular formula is C10H5N3O2S. The lowest BCUT2D eigenvalue weighted by Crippen LogP contribution is -1.98. The number of carboxylic acid groups (broad SMARTS) is 1. The third-order valence-electron chi connectivity index (χ3n) is 1.95. The van der Waals surface area contributed by atoms with E-state index in [2.05, 4.69) is 9.36 Å². The van der Waals surface area contributed by atoms with E-state index in [-0.39, 0.29) is 5.69 Å². The Hall–Kier alpha value is -2.26. The van der Waals surface area contributed by atoms with E-state index in [0.29, 0.717) is 16.7 Å². The fourth-order valence-electron chi connectivity index (χ4n) is 1.24. The van der Waals surface area contributed by atoms with Crippen molar-refractivity contribution in [2.75, 3.05) is 0 Å². The summed E-state index contributed by atoms with van der Waals surface area (Å²) in [6.07, 6.45) is 2.93. The summed E-state index contributed by atoms with van der Waals surface area (Å²) in [6.45, 7) is 0. The van der Waals surface area contributed by atoms with Crippen LogP contribution in [-0.4, -0.2) is 20.4 Å². The van der Waals surface area contributed by atoms with Crippen molar-refractivity contribution in [2.45, 2.75) is 0 Å². The van der Waals surface area contributed by atoms with E-state index in [1.54, 1.807) is 11.4 Å². The zero-order valence-corrected chi connectivity index (χ0v) is 8.73. The largest absolute Gasteiger partial charge is 0.476 e. The third kappa shape index (κ3) is 1.76.